The van der Waals surface area contributed by atoms with E-state index in [9.17, 15) is 18.0 Å². The first-order valence-corrected chi connectivity index (χ1v) is 6.66. The van der Waals surface area contributed by atoms with Gasteiger partial charge in [-0.2, -0.15) is 18.4 Å². The molecular formula is C12H11F3N2OS. The third kappa shape index (κ3) is 3.07. The minimum absolute atomic E-state index is 0.107. The molecule has 0 aromatic carbocycles. The van der Waals surface area contributed by atoms with Gasteiger partial charge in [-0.05, 0) is 24.8 Å². The van der Waals surface area contributed by atoms with E-state index in [0.717, 1.165) is 17.8 Å². The summed E-state index contributed by atoms with van der Waals surface area (Å²) in [4.78, 5) is 12.1. The summed E-state index contributed by atoms with van der Waals surface area (Å²) in [5, 5.41) is 12.1. The summed E-state index contributed by atoms with van der Waals surface area (Å²) >= 11 is 1.04. The number of rotatable bonds is 3. The zero-order chi connectivity index (χ0) is 14.0. The molecular weight excluding hydrogens is 277 g/mol. The molecule has 3 nitrogen and oxygen atoms in total. The maximum absolute atomic E-state index is 12.9. The maximum Gasteiger partial charge on any atom is 0.408 e. The van der Waals surface area contributed by atoms with Gasteiger partial charge < -0.3 is 5.32 Å². The minimum atomic E-state index is -4.44. The van der Waals surface area contributed by atoms with Crippen LogP contribution in [0.2, 0.25) is 0 Å². The summed E-state index contributed by atoms with van der Waals surface area (Å²) in [6, 6.07) is 1.35. The van der Waals surface area contributed by atoms with Gasteiger partial charge in [-0.3, -0.25) is 4.79 Å². The van der Waals surface area contributed by atoms with Gasteiger partial charge in [-0.15, -0.1) is 11.3 Å². The van der Waals surface area contributed by atoms with E-state index < -0.39 is 24.0 Å². The second kappa shape index (κ2) is 5.21. The van der Waals surface area contributed by atoms with Gasteiger partial charge in [0.1, 0.15) is 17.0 Å². The van der Waals surface area contributed by atoms with Crippen molar-refractivity contribution in [2.45, 2.75) is 31.5 Å². The fourth-order valence-electron chi connectivity index (χ4n) is 1.98. The molecule has 1 N–H and O–H groups in total. The maximum atomic E-state index is 12.9. The lowest BCUT2D eigenvalue weighted by Gasteiger charge is -2.35. The Balaban J connectivity index is 2.08. The number of nitrogens with zero attached hydrogens (tertiary/aromatic N) is 1. The lowest BCUT2D eigenvalue weighted by Crippen LogP contribution is -2.51. The molecule has 1 fully saturated rings. The average molecular weight is 288 g/mol. The summed E-state index contributed by atoms with van der Waals surface area (Å²) in [6.07, 6.45) is -2.70. The molecule has 102 valence electrons. The number of nitrogens with one attached hydrogen (secondary N) is 1. The Labute approximate surface area is 112 Å². The van der Waals surface area contributed by atoms with Crippen molar-refractivity contribution in [2.24, 2.45) is 5.92 Å². The molecule has 0 bridgehead atoms. The fourth-order valence-corrected chi connectivity index (χ4v) is 2.66. The number of alkyl halides is 3. The number of nitriles is 1. The summed E-state index contributed by atoms with van der Waals surface area (Å²) in [5.74, 6) is -1.30. The van der Waals surface area contributed by atoms with Crippen molar-refractivity contribution in [3.8, 4) is 6.07 Å². The highest BCUT2D eigenvalue weighted by atomic mass is 32.1. The van der Waals surface area contributed by atoms with Crippen LogP contribution in [-0.2, 0) is 0 Å². The van der Waals surface area contributed by atoms with E-state index in [1.807, 2.05) is 11.4 Å². The van der Waals surface area contributed by atoms with Gasteiger partial charge in [-0.25, -0.2) is 0 Å². The van der Waals surface area contributed by atoms with Crippen molar-refractivity contribution in [3.63, 3.8) is 0 Å². The predicted octanol–water partition coefficient (Wildman–Crippen LogP) is 3.08. The number of carbonyl (C=O) groups is 1. The molecule has 0 saturated heterocycles. The quantitative estimate of drug-likeness (QED) is 0.929. The molecule has 7 heteroatoms. The van der Waals surface area contributed by atoms with Crippen molar-refractivity contribution in [3.05, 3.63) is 21.9 Å². The number of hydrogen-bond donors (Lipinski definition) is 1. The van der Waals surface area contributed by atoms with E-state index in [0.29, 0.717) is 17.7 Å². The first-order valence-electron chi connectivity index (χ1n) is 5.78. The van der Waals surface area contributed by atoms with Gasteiger partial charge >= 0.3 is 6.18 Å². The van der Waals surface area contributed by atoms with E-state index in [4.69, 9.17) is 5.26 Å². The van der Waals surface area contributed by atoms with Gasteiger partial charge in [0.25, 0.3) is 5.91 Å². The molecule has 1 amide bonds. The number of carbonyl (C=O) groups excluding carboxylic acids is 1. The lowest BCUT2D eigenvalue weighted by molar-refractivity contribution is -0.171. The predicted molar refractivity (Wildman–Crippen MR) is 63.7 cm³/mol. The van der Waals surface area contributed by atoms with Crippen LogP contribution in [0.25, 0.3) is 0 Å². The Kier molecular flexibility index (Phi) is 3.80. The van der Waals surface area contributed by atoms with Crippen molar-refractivity contribution in [1.82, 2.24) is 5.32 Å². The Morgan fingerprint density at radius 3 is 2.63 bits per heavy atom. The molecule has 1 aromatic heterocycles. The average Bonchev–Trinajstić information content (AvgIpc) is 2.72. The first-order chi connectivity index (χ1) is 8.91. The summed E-state index contributed by atoms with van der Waals surface area (Å²) < 4.78 is 38.6. The molecule has 1 unspecified atom stereocenters. The van der Waals surface area contributed by atoms with Crippen LogP contribution >= 0.6 is 11.3 Å². The number of thiophene rings is 1. The van der Waals surface area contributed by atoms with Crippen molar-refractivity contribution in [2.75, 3.05) is 0 Å². The molecule has 1 aliphatic rings. The molecule has 0 radical (unpaired) electrons. The number of halogens is 3. The topological polar surface area (TPSA) is 52.9 Å². The molecule has 1 atom stereocenters. The van der Waals surface area contributed by atoms with Crippen LogP contribution in [0.15, 0.2) is 11.4 Å². The molecule has 2 rings (SSSR count). The summed E-state index contributed by atoms with van der Waals surface area (Å²) in [5.41, 5.74) is 0.107. The highest BCUT2D eigenvalue weighted by Crippen LogP contribution is 2.37. The van der Waals surface area contributed by atoms with E-state index in [1.165, 1.54) is 11.4 Å². The SMILES string of the molecule is N#Cc1cc(C(=O)NC(C2CCC2)C(F)(F)F)cs1. The van der Waals surface area contributed by atoms with Crippen LogP contribution in [-0.4, -0.2) is 18.1 Å². The number of amides is 1. The van der Waals surface area contributed by atoms with Crippen molar-refractivity contribution < 1.29 is 18.0 Å². The van der Waals surface area contributed by atoms with E-state index >= 15 is 0 Å². The van der Waals surface area contributed by atoms with Gasteiger partial charge in [0.2, 0.25) is 0 Å². The normalized spacial score (nSPS) is 17.4. The van der Waals surface area contributed by atoms with E-state index in [2.05, 4.69) is 0 Å². The van der Waals surface area contributed by atoms with Gasteiger partial charge in [0, 0.05) is 5.38 Å². The van der Waals surface area contributed by atoms with Crippen LogP contribution in [0.1, 0.15) is 34.5 Å². The monoisotopic (exact) mass is 288 g/mol. The van der Waals surface area contributed by atoms with Gasteiger partial charge in [0.15, 0.2) is 0 Å². The van der Waals surface area contributed by atoms with E-state index in [1.54, 1.807) is 0 Å². The summed E-state index contributed by atoms with van der Waals surface area (Å²) in [6.45, 7) is 0. The zero-order valence-corrected chi connectivity index (χ0v) is 10.6. The van der Waals surface area contributed by atoms with Crippen LogP contribution in [0, 0.1) is 17.2 Å². The third-order valence-electron chi connectivity index (χ3n) is 3.23. The molecule has 0 aliphatic heterocycles. The van der Waals surface area contributed by atoms with Gasteiger partial charge in [-0.1, -0.05) is 6.42 Å². The van der Waals surface area contributed by atoms with Crippen LogP contribution in [0.3, 0.4) is 0 Å². The number of hydrogen-bond acceptors (Lipinski definition) is 3. The molecule has 1 aromatic rings. The highest BCUT2D eigenvalue weighted by Gasteiger charge is 2.47. The Morgan fingerprint density at radius 1 is 1.53 bits per heavy atom. The van der Waals surface area contributed by atoms with Crippen molar-refractivity contribution in [1.29, 1.82) is 5.26 Å². The van der Waals surface area contributed by atoms with Crippen LogP contribution < -0.4 is 5.32 Å². The van der Waals surface area contributed by atoms with Crippen molar-refractivity contribution >= 4 is 17.2 Å². The minimum Gasteiger partial charge on any atom is -0.340 e. The smallest absolute Gasteiger partial charge is 0.340 e. The largest absolute Gasteiger partial charge is 0.408 e. The molecule has 1 heterocycles. The fraction of sp³-hybridized carbons (Fsp3) is 0.500. The summed E-state index contributed by atoms with van der Waals surface area (Å²) in [7, 11) is 0. The van der Waals surface area contributed by atoms with Crippen LogP contribution in [0.5, 0.6) is 0 Å². The van der Waals surface area contributed by atoms with Crippen LogP contribution in [0.4, 0.5) is 13.2 Å². The van der Waals surface area contributed by atoms with E-state index in [-0.39, 0.29) is 5.56 Å². The first kappa shape index (κ1) is 13.9. The second-order valence-corrected chi connectivity index (χ2v) is 5.41. The second-order valence-electron chi connectivity index (χ2n) is 4.50. The molecule has 1 saturated carbocycles. The Bertz CT molecular complexity index is 514. The third-order valence-corrected chi connectivity index (χ3v) is 4.07. The molecule has 19 heavy (non-hydrogen) atoms. The Morgan fingerprint density at radius 2 is 2.21 bits per heavy atom. The standard InChI is InChI=1S/C12H11F3N2OS/c13-12(14,15)10(7-2-1-3-7)17-11(18)8-4-9(5-16)19-6-8/h4,6-7,10H,1-3H2,(H,17,18). The highest BCUT2D eigenvalue weighted by molar-refractivity contribution is 7.10. The zero-order valence-electron chi connectivity index (χ0n) is 9.83. The molecule has 0 spiro atoms. The van der Waals surface area contributed by atoms with Gasteiger partial charge in [0.05, 0.1) is 5.56 Å². The molecule has 1 aliphatic carbocycles. The Hall–Kier alpha value is -1.55. The lowest BCUT2D eigenvalue weighted by atomic mass is 9.79.